The molecule has 3 rings (SSSR count). The van der Waals surface area contributed by atoms with Crippen LogP contribution in [0.15, 0.2) is 18.5 Å². The monoisotopic (exact) mass is 305 g/mol. The van der Waals surface area contributed by atoms with Crippen LogP contribution in [0.2, 0.25) is 0 Å². The van der Waals surface area contributed by atoms with Gasteiger partial charge in [-0.05, 0) is 31.9 Å². The molecule has 1 unspecified atom stereocenters. The van der Waals surface area contributed by atoms with Gasteiger partial charge in [0.15, 0.2) is 0 Å². The Morgan fingerprint density at radius 2 is 2.23 bits per heavy atom. The first kappa shape index (κ1) is 14.5. The summed E-state index contributed by atoms with van der Waals surface area (Å²) in [5.41, 5.74) is 0.0348. The minimum atomic E-state index is -0.966. The highest BCUT2D eigenvalue weighted by Crippen LogP contribution is 2.31. The summed E-state index contributed by atoms with van der Waals surface area (Å²) in [6.45, 7) is 2.21. The van der Waals surface area contributed by atoms with Crippen LogP contribution in [0.1, 0.15) is 30.1 Å². The summed E-state index contributed by atoms with van der Waals surface area (Å²) < 4.78 is 13.7. The van der Waals surface area contributed by atoms with Crippen molar-refractivity contribution in [3.8, 4) is 0 Å². The molecule has 0 aliphatic carbocycles. The second-order valence-corrected chi connectivity index (χ2v) is 5.95. The number of aromatic amines is 1. The molecule has 1 aliphatic rings. The number of hydrogen-bond donors (Lipinski definition) is 2. The number of likely N-dealkylation sites (tertiary alicyclic amines) is 1. The van der Waals surface area contributed by atoms with E-state index in [1.807, 2.05) is 0 Å². The van der Waals surface area contributed by atoms with Gasteiger partial charge >= 0.3 is 5.97 Å². The second kappa shape index (κ2) is 5.08. The van der Waals surface area contributed by atoms with Gasteiger partial charge in [-0.3, -0.25) is 9.59 Å². The van der Waals surface area contributed by atoms with Gasteiger partial charge in [0.25, 0.3) is 5.91 Å². The normalized spacial score (nSPS) is 22.0. The number of nitrogens with one attached hydrogen (secondary N) is 1. The number of carbonyl (C=O) groups excluding carboxylic acids is 1. The molecule has 1 aromatic heterocycles. The van der Waals surface area contributed by atoms with Crippen LogP contribution in [0.3, 0.4) is 0 Å². The van der Waals surface area contributed by atoms with Gasteiger partial charge in [0.1, 0.15) is 11.3 Å². The van der Waals surface area contributed by atoms with Crippen LogP contribution in [0.25, 0.3) is 11.0 Å². The van der Waals surface area contributed by atoms with E-state index in [2.05, 4.69) is 9.97 Å². The van der Waals surface area contributed by atoms with Crippen molar-refractivity contribution in [1.82, 2.24) is 14.9 Å². The van der Waals surface area contributed by atoms with Gasteiger partial charge in [-0.1, -0.05) is 0 Å². The zero-order valence-corrected chi connectivity index (χ0v) is 12.1. The van der Waals surface area contributed by atoms with E-state index < -0.39 is 17.2 Å². The van der Waals surface area contributed by atoms with Crippen molar-refractivity contribution < 1.29 is 19.1 Å². The minimum Gasteiger partial charge on any atom is -0.481 e. The molecule has 1 saturated heterocycles. The second-order valence-electron chi connectivity index (χ2n) is 5.95. The third-order valence-electron chi connectivity index (χ3n) is 4.22. The highest BCUT2D eigenvalue weighted by atomic mass is 19.1. The molecule has 1 aromatic carbocycles. The molecule has 7 heteroatoms. The van der Waals surface area contributed by atoms with Gasteiger partial charge in [0.2, 0.25) is 0 Å². The maximum atomic E-state index is 13.7. The summed E-state index contributed by atoms with van der Waals surface area (Å²) in [7, 11) is 0. The summed E-state index contributed by atoms with van der Waals surface area (Å²) in [6, 6.07) is 2.43. The molecule has 1 amide bonds. The van der Waals surface area contributed by atoms with Crippen LogP contribution in [0.4, 0.5) is 4.39 Å². The predicted molar refractivity (Wildman–Crippen MR) is 76.9 cm³/mol. The van der Waals surface area contributed by atoms with Gasteiger partial charge in [-0.25, -0.2) is 9.37 Å². The van der Waals surface area contributed by atoms with Crippen LogP contribution in [-0.2, 0) is 4.79 Å². The van der Waals surface area contributed by atoms with E-state index in [0.29, 0.717) is 30.4 Å². The highest BCUT2D eigenvalue weighted by Gasteiger charge is 2.39. The van der Waals surface area contributed by atoms with Crippen molar-refractivity contribution in [3.63, 3.8) is 0 Å². The summed E-state index contributed by atoms with van der Waals surface area (Å²) in [4.78, 5) is 32.4. The van der Waals surface area contributed by atoms with Crippen molar-refractivity contribution in [2.24, 2.45) is 5.41 Å². The fraction of sp³-hybridized carbons (Fsp3) is 0.400. The van der Waals surface area contributed by atoms with E-state index in [0.717, 1.165) is 6.07 Å². The molecule has 22 heavy (non-hydrogen) atoms. The molecule has 1 aliphatic heterocycles. The van der Waals surface area contributed by atoms with E-state index in [1.165, 1.54) is 17.3 Å². The molecule has 2 N–H and O–H groups in total. The average molecular weight is 305 g/mol. The maximum absolute atomic E-state index is 13.7. The summed E-state index contributed by atoms with van der Waals surface area (Å²) in [5.74, 6) is -1.84. The number of aromatic nitrogens is 2. The number of H-pyrrole nitrogens is 1. The van der Waals surface area contributed by atoms with E-state index in [9.17, 15) is 19.1 Å². The Kier molecular flexibility index (Phi) is 3.35. The number of hydrogen-bond acceptors (Lipinski definition) is 3. The first-order valence-electron chi connectivity index (χ1n) is 7.06. The molecule has 0 bridgehead atoms. The van der Waals surface area contributed by atoms with Gasteiger partial charge in [-0.2, -0.15) is 0 Å². The molecule has 0 saturated carbocycles. The zero-order valence-electron chi connectivity index (χ0n) is 12.1. The van der Waals surface area contributed by atoms with E-state index >= 15 is 0 Å². The molecule has 1 fully saturated rings. The maximum Gasteiger partial charge on any atom is 0.311 e. The van der Waals surface area contributed by atoms with E-state index in [4.69, 9.17) is 0 Å². The molecule has 0 spiro atoms. The standard InChI is InChI=1S/C15H16FN3O3/c1-15(14(21)22)3-2-4-19(7-15)13(20)10-5-9(16)6-11-12(10)18-8-17-11/h5-6,8H,2-4,7H2,1H3,(H,17,18)(H,21,22). The number of aliphatic carboxylic acids is 1. The minimum absolute atomic E-state index is 0.115. The quantitative estimate of drug-likeness (QED) is 0.889. The van der Waals surface area contributed by atoms with Crippen LogP contribution >= 0.6 is 0 Å². The molecule has 2 aromatic rings. The van der Waals surface area contributed by atoms with Gasteiger partial charge in [0.05, 0.1) is 22.8 Å². The molecule has 1 atom stereocenters. The summed E-state index contributed by atoms with van der Waals surface area (Å²) >= 11 is 0. The number of rotatable bonds is 2. The number of nitrogens with zero attached hydrogens (tertiary/aromatic N) is 2. The fourth-order valence-corrected chi connectivity index (χ4v) is 2.94. The third-order valence-corrected chi connectivity index (χ3v) is 4.22. The van der Waals surface area contributed by atoms with Crippen LogP contribution in [0, 0.1) is 11.2 Å². The molecule has 116 valence electrons. The predicted octanol–water partition coefficient (Wildman–Crippen LogP) is 2.03. The number of carbonyl (C=O) groups is 2. The fourth-order valence-electron chi connectivity index (χ4n) is 2.94. The van der Waals surface area contributed by atoms with Crippen LogP contribution in [0.5, 0.6) is 0 Å². The van der Waals surface area contributed by atoms with E-state index in [1.54, 1.807) is 6.92 Å². The Balaban J connectivity index is 1.96. The number of piperidine rings is 1. The summed E-state index contributed by atoms with van der Waals surface area (Å²) in [6.07, 6.45) is 2.53. The summed E-state index contributed by atoms with van der Waals surface area (Å²) in [5, 5.41) is 9.34. The number of carboxylic acids is 1. The SMILES string of the molecule is CC1(C(=O)O)CCCN(C(=O)c2cc(F)cc3[nH]cnc23)C1. The molecule has 2 heterocycles. The lowest BCUT2D eigenvalue weighted by atomic mass is 9.82. The molecular formula is C15H16FN3O3. The number of fused-ring (bicyclic) bond motifs is 1. The Hall–Kier alpha value is -2.44. The number of halogens is 1. The van der Waals surface area contributed by atoms with E-state index in [-0.39, 0.29) is 18.0 Å². The Morgan fingerprint density at radius 3 is 2.95 bits per heavy atom. The average Bonchev–Trinajstić information content (AvgIpc) is 2.93. The zero-order chi connectivity index (χ0) is 15.9. The lowest BCUT2D eigenvalue weighted by molar-refractivity contribution is -0.150. The van der Waals surface area contributed by atoms with Gasteiger partial charge < -0.3 is 15.0 Å². The topological polar surface area (TPSA) is 86.3 Å². The van der Waals surface area contributed by atoms with Gasteiger partial charge in [0, 0.05) is 13.1 Å². The van der Waals surface area contributed by atoms with Crippen molar-refractivity contribution in [1.29, 1.82) is 0 Å². The molecular weight excluding hydrogens is 289 g/mol. The lowest BCUT2D eigenvalue weighted by Crippen LogP contribution is -2.48. The van der Waals surface area contributed by atoms with Crippen molar-refractivity contribution >= 4 is 22.9 Å². The van der Waals surface area contributed by atoms with Crippen LogP contribution in [-0.4, -0.2) is 44.9 Å². The number of imidazole rings is 1. The Morgan fingerprint density at radius 1 is 1.45 bits per heavy atom. The third kappa shape index (κ3) is 2.32. The lowest BCUT2D eigenvalue weighted by Gasteiger charge is -2.37. The molecule has 0 radical (unpaired) electrons. The molecule has 6 nitrogen and oxygen atoms in total. The number of carboxylic acid groups (broad SMARTS) is 1. The number of amides is 1. The highest BCUT2D eigenvalue weighted by molar-refractivity contribution is 6.05. The van der Waals surface area contributed by atoms with Gasteiger partial charge in [-0.15, -0.1) is 0 Å². The van der Waals surface area contributed by atoms with Crippen molar-refractivity contribution in [3.05, 3.63) is 29.8 Å². The Bertz CT molecular complexity index is 758. The largest absolute Gasteiger partial charge is 0.481 e. The first-order valence-corrected chi connectivity index (χ1v) is 7.06. The first-order chi connectivity index (χ1) is 10.4. The van der Waals surface area contributed by atoms with Crippen LogP contribution < -0.4 is 0 Å². The number of benzene rings is 1. The smallest absolute Gasteiger partial charge is 0.311 e. The Labute approximate surface area is 125 Å². The van der Waals surface area contributed by atoms with Crippen molar-refractivity contribution in [2.45, 2.75) is 19.8 Å². The van der Waals surface area contributed by atoms with Crippen molar-refractivity contribution in [2.75, 3.05) is 13.1 Å².